The highest BCUT2D eigenvalue weighted by atomic mass is 32.1. The molecule has 3 aromatic rings. The lowest BCUT2D eigenvalue weighted by Crippen LogP contribution is -2.02. The average molecular weight is 330 g/mol. The van der Waals surface area contributed by atoms with Crippen molar-refractivity contribution in [3.05, 3.63) is 57.2 Å². The third-order valence-electron chi connectivity index (χ3n) is 3.27. The van der Waals surface area contributed by atoms with Crippen molar-refractivity contribution in [3.63, 3.8) is 0 Å². The topological polar surface area (TPSA) is 111 Å². The van der Waals surface area contributed by atoms with Crippen LogP contribution in [0.15, 0.2) is 35.8 Å². The molecule has 9 heteroatoms. The molecule has 3 rings (SSSR count). The predicted molar refractivity (Wildman–Crippen MR) is 83.0 cm³/mol. The number of carbonyl (C=O) groups is 1. The summed E-state index contributed by atoms with van der Waals surface area (Å²) in [4.78, 5) is 25.8. The minimum absolute atomic E-state index is 0.0134. The highest BCUT2D eigenvalue weighted by molar-refractivity contribution is 7.12. The number of nitrogens with zero attached hydrogens (tertiary/aromatic N) is 4. The summed E-state index contributed by atoms with van der Waals surface area (Å²) < 4.78 is 1.44. The molecule has 0 radical (unpaired) electrons. The SMILES string of the molecule is Cc1c(C(=O)O)cnn1-c1nc(-c2cccc([N+](=O)[O-])c2)cs1. The van der Waals surface area contributed by atoms with Crippen LogP contribution in [0.2, 0.25) is 0 Å². The highest BCUT2D eigenvalue weighted by Gasteiger charge is 2.16. The number of aromatic carboxylic acids is 1. The largest absolute Gasteiger partial charge is 0.478 e. The summed E-state index contributed by atoms with van der Waals surface area (Å²) in [5, 5.41) is 26.2. The summed E-state index contributed by atoms with van der Waals surface area (Å²) in [6.07, 6.45) is 1.27. The van der Waals surface area contributed by atoms with Gasteiger partial charge in [0.2, 0.25) is 5.13 Å². The molecule has 0 spiro atoms. The van der Waals surface area contributed by atoms with E-state index in [4.69, 9.17) is 5.11 Å². The Hall–Kier alpha value is -3.07. The molecular weight excluding hydrogens is 320 g/mol. The Balaban J connectivity index is 1.99. The normalized spacial score (nSPS) is 10.7. The number of nitro benzene ring substituents is 1. The first-order valence-electron chi connectivity index (χ1n) is 6.46. The van der Waals surface area contributed by atoms with E-state index in [-0.39, 0.29) is 11.3 Å². The van der Waals surface area contributed by atoms with E-state index in [0.717, 1.165) is 0 Å². The van der Waals surface area contributed by atoms with Gasteiger partial charge in [-0.1, -0.05) is 12.1 Å². The lowest BCUT2D eigenvalue weighted by atomic mass is 10.1. The van der Waals surface area contributed by atoms with E-state index in [1.165, 1.54) is 34.3 Å². The van der Waals surface area contributed by atoms with Crippen LogP contribution in [0.3, 0.4) is 0 Å². The summed E-state index contributed by atoms with van der Waals surface area (Å²) in [5.41, 5.74) is 1.75. The van der Waals surface area contributed by atoms with E-state index >= 15 is 0 Å². The zero-order chi connectivity index (χ0) is 16.6. The number of nitro groups is 1. The van der Waals surface area contributed by atoms with Crippen LogP contribution >= 0.6 is 11.3 Å². The maximum Gasteiger partial charge on any atom is 0.339 e. The monoisotopic (exact) mass is 330 g/mol. The maximum absolute atomic E-state index is 11.1. The number of non-ortho nitro benzene ring substituents is 1. The van der Waals surface area contributed by atoms with Gasteiger partial charge in [-0.2, -0.15) is 5.10 Å². The van der Waals surface area contributed by atoms with Crippen molar-refractivity contribution in [2.45, 2.75) is 6.92 Å². The number of carboxylic acid groups (broad SMARTS) is 1. The first kappa shape index (κ1) is 14.9. The molecule has 0 aliphatic rings. The third-order valence-corrected chi connectivity index (χ3v) is 4.08. The molecule has 0 bridgehead atoms. The molecule has 116 valence electrons. The number of hydrogen-bond donors (Lipinski definition) is 1. The molecule has 2 aromatic heterocycles. The molecule has 0 unspecified atom stereocenters. The lowest BCUT2D eigenvalue weighted by molar-refractivity contribution is -0.384. The first-order chi connectivity index (χ1) is 11.0. The number of thiazole rings is 1. The average Bonchev–Trinajstić information content (AvgIpc) is 3.13. The standard InChI is InChI=1S/C14H10N4O4S/c1-8-11(13(19)20)6-15-17(8)14-16-12(7-23-14)9-3-2-4-10(5-9)18(21)22/h2-7H,1H3,(H,19,20). The summed E-state index contributed by atoms with van der Waals surface area (Å²) in [5.74, 6) is -1.05. The van der Waals surface area contributed by atoms with Crippen molar-refractivity contribution in [1.82, 2.24) is 14.8 Å². The Morgan fingerprint density at radius 3 is 2.87 bits per heavy atom. The second-order valence-corrected chi connectivity index (χ2v) is 5.52. The van der Waals surface area contributed by atoms with Gasteiger partial charge in [0.15, 0.2) is 0 Å². The van der Waals surface area contributed by atoms with Gasteiger partial charge in [0.1, 0.15) is 5.56 Å². The number of carboxylic acids is 1. The van der Waals surface area contributed by atoms with Gasteiger partial charge in [0.05, 0.1) is 22.5 Å². The number of hydrogen-bond acceptors (Lipinski definition) is 6. The summed E-state index contributed by atoms with van der Waals surface area (Å²) in [6, 6.07) is 6.17. The van der Waals surface area contributed by atoms with Crippen molar-refractivity contribution < 1.29 is 14.8 Å². The lowest BCUT2D eigenvalue weighted by Gasteiger charge is -1.99. The van der Waals surface area contributed by atoms with Crippen molar-refractivity contribution in [3.8, 4) is 16.4 Å². The maximum atomic E-state index is 11.1. The van der Waals surface area contributed by atoms with Gasteiger partial charge in [-0.25, -0.2) is 14.5 Å². The number of benzene rings is 1. The Morgan fingerprint density at radius 1 is 1.43 bits per heavy atom. The van der Waals surface area contributed by atoms with Gasteiger partial charge in [-0.3, -0.25) is 10.1 Å². The summed E-state index contributed by atoms with van der Waals surface area (Å²) >= 11 is 1.28. The molecule has 0 atom stereocenters. The first-order valence-corrected chi connectivity index (χ1v) is 7.34. The van der Waals surface area contributed by atoms with E-state index in [2.05, 4.69) is 10.1 Å². The number of aromatic nitrogens is 3. The van der Waals surface area contributed by atoms with Gasteiger partial charge in [-0.05, 0) is 6.92 Å². The van der Waals surface area contributed by atoms with E-state index in [0.29, 0.717) is 22.1 Å². The van der Waals surface area contributed by atoms with Gasteiger partial charge >= 0.3 is 5.97 Å². The fourth-order valence-corrected chi connectivity index (χ4v) is 2.93. The van der Waals surface area contributed by atoms with Crippen molar-refractivity contribution >= 4 is 23.0 Å². The molecule has 1 N–H and O–H groups in total. The summed E-state index contributed by atoms with van der Waals surface area (Å²) in [6.45, 7) is 1.64. The zero-order valence-corrected chi connectivity index (χ0v) is 12.6. The Labute approximate surface area is 133 Å². The van der Waals surface area contributed by atoms with Gasteiger partial charge in [0, 0.05) is 23.1 Å². The molecule has 0 amide bonds. The number of rotatable bonds is 4. The van der Waals surface area contributed by atoms with Crippen molar-refractivity contribution in [1.29, 1.82) is 0 Å². The van der Waals surface area contributed by atoms with Crippen LogP contribution in [0.1, 0.15) is 16.1 Å². The highest BCUT2D eigenvalue weighted by Crippen LogP contribution is 2.27. The molecule has 0 aliphatic carbocycles. The minimum Gasteiger partial charge on any atom is -0.478 e. The minimum atomic E-state index is -1.05. The van der Waals surface area contributed by atoms with E-state index in [1.54, 1.807) is 24.4 Å². The second-order valence-electron chi connectivity index (χ2n) is 4.68. The molecule has 0 saturated carbocycles. The fraction of sp³-hybridized carbons (Fsp3) is 0.0714. The third kappa shape index (κ3) is 2.69. The zero-order valence-electron chi connectivity index (χ0n) is 11.8. The van der Waals surface area contributed by atoms with Gasteiger partial charge < -0.3 is 5.11 Å². The Kier molecular flexibility index (Phi) is 3.62. The molecular formula is C14H10N4O4S. The summed E-state index contributed by atoms with van der Waals surface area (Å²) in [7, 11) is 0. The molecule has 0 fully saturated rings. The van der Waals surface area contributed by atoms with Crippen LogP contribution in [0, 0.1) is 17.0 Å². The quantitative estimate of drug-likeness (QED) is 0.581. The molecule has 0 aliphatic heterocycles. The Morgan fingerprint density at radius 2 is 2.22 bits per heavy atom. The van der Waals surface area contributed by atoms with Gasteiger partial charge in [-0.15, -0.1) is 11.3 Å². The van der Waals surface area contributed by atoms with Crippen LogP contribution in [0.25, 0.3) is 16.4 Å². The van der Waals surface area contributed by atoms with Crippen molar-refractivity contribution in [2.75, 3.05) is 0 Å². The smallest absolute Gasteiger partial charge is 0.339 e. The predicted octanol–water partition coefficient (Wildman–Crippen LogP) is 2.91. The van der Waals surface area contributed by atoms with Crippen molar-refractivity contribution in [2.24, 2.45) is 0 Å². The fourth-order valence-electron chi connectivity index (χ4n) is 2.09. The molecule has 8 nitrogen and oxygen atoms in total. The van der Waals surface area contributed by atoms with E-state index < -0.39 is 10.9 Å². The van der Waals surface area contributed by atoms with Crippen LogP contribution < -0.4 is 0 Å². The Bertz CT molecular complexity index is 915. The van der Waals surface area contributed by atoms with Crippen LogP contribution in [0.4, 0.5) is 5.69 Å². The van der Waals surface area contributed by atoms with Gasteiger partial charge in [0.25, 0.3) is 5.69 Å². The molecule has 0 saturated heterocycles. The van der Waals surface area contributed by atoms with Crippen LogP contribution in [-0.4, -0.2) is 30.8 Å². The van der Waals surface area contributed by atoms with E-state index in [1.807, 2.05) is 0 Å². The molecule has 1 aromatic carbocycles. The van der Waals surface area contributed by atoms with E-state index in [9.17, 15) is 14.9 Å². The molecule has 23 heavy (non-hydrogen) atoms. The van der Waals surface area contributed by atoms with Crippen LogP contribution in [-0.2, 0) is 0 Å². The molecule has 2 heterocycles. The van der Waals surface area contributed by atoms with Crippen LogP contribution in [0.5, 0.6) is 0 Å². The second kappa shape index (κ2) is 5.61.